The number of phenols is 1. The van der Waals surface area contributed by atoms with Crippen molar-refractivity contribution in [3.8, 4) is 5.75 Å². The van der Waals surface area contributed by atoms with Crippen LogP contribution in [0.4, 0.5) is 5.69 Å². The van der Waals surface area contributed by atoms with Crippen molar-refractivity contribution < 1.29 is 19.9 Å². The van der Waals surface area contributed by atoms with Crippen molar-refractivity contribution in [2.45, 2.75) is 18.3 Å². The van der Waals surface area contributed by atoms with E-state index in [0.717, 1.165) is 6.07 Å². The highest BCUT2D eigenvalue weighted by Gasteiger charge is 2.52. The fraction of sp³-hybridized carbons (Fsp3) is 0.300. The van der Waals surface area contributed by atoms with Crippen LogP contribution in [0.3, 0.4) is 0 Å². The van der Waals surface area contributed by atoms with Gasteiger partial charge in [0.15, 0.2) is 5.75 Å². The maximum atomic E-state index is 11.0. The summed E-state index contributed by atoms with van der Waals surface area (Å²) >= 11 is 0. The first kappa shape index (κ1) is 10.4. The van der Waals surface area contributed by atoms with Crippen molar-refractivity contribution in [1.29, 1.82) is 0 Å². The lowest BCUT2D eigenvalue weighted by Gasteiger charge is -2.09. The number of benzene rings is 1. The summed E-state index contributed by atoms with van der Waals surface area (Å²) in [5.41, 5.74) is -0.944. The van der Waals surface area contributed by atoms with E-state index in [2.05, 4.69) is 0 Å². The van der Waals surface area contributed by atoms with Gasteiger partial charge in [-0.15, -0.1) is 0 Å². The topological polar surface area (TPSA) is 101 Å². The second-order valence-electron chi connectivity index (χ2n) is 3.85. The van der Waals surface area contributed by atoms with Gasteiger partial charge in [0.2, 0.25) is 0 Å². The number of aliphatic carboxylic acids is 1. The number of nitrogens with zero attached hydrogens (tertiary/aromatic N) is 1. The Morgan fingerprint density at radius 3 is 2.44 bits per heavy atom. The number of rotatable bonds is 3. The second kappa shape index (κ2) is 3.19. The molecular formula is C10H9NO5. The lowest BCUT2D eigenvalue weighted by Crippen LogP contribution is -2.19. The zero-order valence-electron chi connectivity index (χ0n) is 8.21. The fourth-order valence-corrected chi connectivity index (χ4v) is 1.73. The molecule has 1 fully saturated rings. The summed E-state index contributed by atoms with van der Waals surface area (Å²) < 4.78 is 0. The number of carbonyl (C=O) groups is 1. The first-order valence-electron chi connectivity index (χ1n) is 4.69. The average Bonchev–Trinajstić information content (AvgIpc) is 2.97. The molecule has 1 aromatic carbocycles. The van der Waals surface area contributed by atoms with E-state index in [9.17, 15) is 20.0 Å². The Morgan fingerprint density at radius 2 is 2.06 bits per heavy atom. The van der Waals surface area contributed by atoms with Crippen LogP contribution in [0.1, 0.15) is 18.4 Å². The van der Waals surface area contributed by atoms with E-state index in [0.29, 0.717) is 18.4 Å². The summed E-state index contributed by atoms with van der Waals surface area (Å²) in [5.74, 6) is -1.45. The molecule has 6 heteroatoms. The third kappa shape index (κ3) is 1.39. The summed E-state index contributed by atoms with van der Waals surface area (Å²) in [6, 6.07) is 3.69. The number of aromatic hydroxyl groups is 1. The number of carboxylic acids is 1. The first-order valence-corrected chi connectivity index (χ1v) is 4.69. The largest absolute Gasteiger partial charge is 0.502 e. The minimum absolute atomic E-state index is 0.412. The Bertz CT molecular complexity index is 478. The van der Waals surface area contributed by atoms with Crippen LogP contribution in [0.2, 0.25) is 0 Å². The van der Waals surface area contributed by atoms with E-state index in [-0.39, 0.29) is 0 Å². The molecule has 0 saturated heterocycles. The van der Waals surface area contributed by atoms with Crippen LogP contribution in [0.5, 0.6) is 5.75 Å². The van der Waals surface area contributed by atoms with Crippen molar-refractivity contribution in [3.63, 3.8) is 0 Å². The van der Waals surface area contributed by atoms with Crippen LogP contribution in [0, 0.1) is 10.1 Å². The Labute approximate surface area is 90.3 Å². The molecule has 0 radical (unpaired) electrons. The standard InChI is InChI=1S/C10H9NO5/c12-8-5-6(1-2-7(8)11(15)16)10(3-4-10)9(13)14/h1-2,5,12H,3-4H2,(H,13,14). The monoisotopic (exact) mass is 223 g/mol. The predicted octanol–water partition coefficient (Wildman–Crippen LogP) is 1.42. The van der Waals surface area contributed by atoms with Gasteiger partial charge in [-0.25, -0.2) is 0 Å². The van der Waals surface area contributed by atoms with Gasteiger partial charge in [-0.05, 0) is 24.5 Å². The zero-order valence-corrected chi connectivity index (χ0v) is 8.21. The molecule has 0 atom stereocenters. The van der Waals surface area contributed by atoms with E-state index in [1.54, 1.807) is 0 Å². The molecule has 0 aliphatic heterocycles. The molecule has 1 aliphatic rings. The summed E-state index contributed by atoms with van der Waals surface area (Å²) in [6.45, 7) is 0. The molecule has 2 rings (SSSR count). The maximum absolute atomic E-state index is 11.0. The number of hydrogen-bond donors (Lipinski definition) is 2. The smallest absolute Gasteiger partial charge is 0.314 e. The van der Waals surface area contributed by atoms with Gasteiger partial charge in [0.25, 0.3) is 0 Å². The van der Waals surface area contributed by atoms with Crippen LogP contribution >= 0.6 is 0 Å². The van der Waals surface area contributed by atoms with Crippen molar-refractivity contribution in [1.82, 2.24) is 0 Å². The Morgan fingerprint density at radius 1 is 1.44 bits per heavy atom. The van der Waals surface area contributed by atoms with E-state index in [1.807, 2.05) is 0 Å². The number of nitro benzene ring substituents is 1. The fourth-order valence-electron chi connectivity index (χ4n) is 1.73. The maximum Gasteiger partial charge on any atom is 0.314 e. The second-order valence-corrected chi connectivity index (χ2v) is 3.85. The van der Waals surface area contributed by atoms with Gasteiger partial charge in [-0.1, -0.05) is 6.07 Å². The molecule has 1 aliphatic carbocycles. The zero-order chi connectivity index (χ0) is 11.9. The Hall–Kier alpha value is -2.11. The lowest BCUT2D eigenvalue weighted by atomic mass is 9.96. The van der Waals surface area contributed by atoms with Crippen LogP contribution in [-0.2, 0) is 10.2 Å². The highest BCUT2D eigenvalue weighted by molar-refractivity contribution is 5.85. The Balaban J connectivity index is 2.43. The molecule has 6 nitrogen and oxygen atoms in total. The van der Waals surface area contributed by atoms with E-state index in [4.69, 9.17) is 5.11 Å². The van der Waals surface area contributed by atoms with Crippen LogP contribution in [0.15, 0.2) is 18.2 Å². The summed E-state index contributed by atoms with van der Waals surface area (Å²) in [4.78, 5) is 20.8. The third-order valence-corrected chi connectivity index (χ3v) is 2.88. The minimum atomic E-state index is -0.958. The van der Waals surface area contributed by atoms with Gasteiger partial charge < -0.3 is 10.2 Å². The lowest BCUT2D eigenvalue weighted by molar-refractivity contribution is -0.385. The molecule has 1 saturated carbocycles. The molecule has 0 amide bonds. The molecule has 0 aromatic heterocycles. The molecule has 0 heterocycles. The van der Waals surface area contributed by atoms with E-state index < -0.39 is 27.7 Å². The average molecular weight is 223 g/mol. The van der Waals surface area contributed by atoms with E-state index in [1.165, 1.54) is 12.1 Å². The first-order chi connectivity index (χ1) is 7.47. The van der Waals surface area contributed by atoms with Crippen molar-refractivity contribution in [2.75, 3.05) is 0 Å². The predicted molar refractivity (Wildman–Crippen MR) is 53.3 cm³/mol. The van der Waals surface area contributed by atoms with Gasteiger partial charge in [0.05, 0.1) is 10.3 Å². The molecule has 84 valence electrons. The highest BCUT2D eigenvalue weighted by Crippen LogP contribution is 2.49. The van der Waals surface area contributed by atoms with Crippen molar-refractivity contribution in [3.05, 3.63) is 33.9 Å². The van der Waals surface area contributed by atoms with Crippen LogP contribution in [-0.4, -0.2) is 21.1 Å². The molecule has 0 unspecified atom stereocenters. The molecule has 0 spiro atoms. The molecule has 2 N–H and O–H groups in total. The van der Waals surface area contributed by atoms with Gasteiger partial charge in [0.1, 0.15) is 0 Å². The van der Waals surface area contributed by atoms with Crippen molar-refractivity contribution in [2.24, 2.45) is 0 Å². The molecule has 16 heavy (non-hydrogen) atoms. The van der Waals surface area contributed by atoms with Gasteiger partial charge >= 0.3 is 11.7 Å². The van der Waals surface area contributed by atoms with Gasteiger partial charge in [0, 0.05) is 6.07 Å². The summed E-state index contributed by atoms with van der Waals surface area (Å²) in [6.07, 6.45) is 0.999. The quantitative estimate of drug-likeness (QED) is 0.596. The van der Waals surface area contributed by atoms with Gasteiger partial charge in [-0.3, -0.25) is 14.9 Å². The summed E-state index contributed by atoms with van der Waals surface area (Å²) in [7, 11) is 0. The SMILES string of the molecule is O=C(O)C1(c2ccc([N+](=O)[O-])c(O)c2)CC1. The van der Waals surface area contributed by atoms with Crippen molar-refractivity contribution >= 4 is 11.7 Å². The highest BCUT2D eigenvalue weighted by atomic mass is 16.6. The van der Waals surface area contributed by atoms with Crippen LogP contribution < -0.4 is 0 Å². The molecule has 0 bridgehead atoms. The molecule has 1 aromatic rings. The van der Waals surface area contributed by atoms with Crippen LogP contribution in [0.25, 0.3) is 0 Å². The number of nitro groups is 1. The number of phenolic OH excluding ortho intramolecular Hbond substituents is 1. The normalized spacial score (nSPS) is 16.8. The minimum Gasteiger partial charge on any atom is -0.502 e. The Kier molecular flexibility index (Phi) is 2.08. The molecular weight excluding hydrogens is 214 g/mol. The number of carboxylic acid groups (broad SMARTS) is 1. The third-order valence-electron chi connectivity index (χ3n) is 2.88. The number of hydrogen-bond acceptors (Lipinski definition) is 4. The van der Waals surface area contributed by atoms with E-state index >= 15 is 0 Å². The summed E-state index contributed by atoms with van der Waals surface area (Å²) in [5, 5.41) is 28.9. The van der Waals surface area contributed by atoms with Gasteiger partial charge in [-0.2, -0.15) is 0 Å².